The first-order chi connectivity index (χ1) is 10.7. The molecule has 130 valence electrons. The van der Waals surface area contributed by atoms with Gasteiger partial charge in [0.1, 0.15) is 6.26 Å². The molecule has 8 nitrogen and oxygen atoms in total. The topological polar surface area (TPSA) is 102 Å². The number of nitrogens with zero attached hydrogens (tertiary/aromatic N) is 2. The van der Waals surface area contributed by atoms with Crippen molar-refractivity contribution in [2.75, 3.05) is 26.5 Å². The lowest BCUT2D eigenvalue weighted by Crippen LogP contribution is -2.41. The van der Waals surface area contributed by atoms with E-state index in [2.05, 4.69) is 33.2 Å². The summed E-state index contributed by atoms with van der Waals surface area (Å²) in [6, 6.07) is -0.139. The highest BCUT2D eigenvalue weighted by Gasteiger charge is 2.36. The van der Waals surface area contributed by atoms with Gasteiger partial charge in [0.2, 0.25) is 15.9 Å². The van der Waals surface area contributed by atoms with Crippen LogP contribution in [0.1, 0.15) is 30.2 Å². The number of esters is 1. The fraction of sp³-hybridized carbons (Fsp3) is 0.714. The van der Waals surface area contributed by atoms with E-state index >= 15 is 0 Å². The van der Waals surface area contributed by atoms with Gasteiger partial charge < -0.3 is 9.15 Å². The maximum Gasteiger partial charge on any atom is 0.360 e. The van der Waals surface area contributed by atoms with Gasteiger partial charge in [-0.2, -0.15) is 0 Å². The van der Waals surface area contributed by atoms with Crippen molar-refractivity contribution in [2.45, 2.75) is 26.4 Å². The number of oxazole rings is 1. The molecule has 1 aliphatic rings. The third-order valence-corrected chi connectivity index (χ3v) is 4.70. The zero-order chi connectivity index (χ0) is 17.2. The Morgan fingerprint density at radius 1 is 1.52 bits per heavy atom. The number of nitrogens with one attached hydrogen (secondary N) is 1. The summed E-state index contributed by atoms with van der Waals surface area (Å²) in [5.74, 6) is 0.417. The van der Waals surface area contributed by atoms with Crippen LogP contribution in [0.25, 0.3) is 0 Å². The molecule has 2 heterocycles. The average Bonchev–Trinajstić information content (AvgIpc) is 3.04. The summed E-state index contributed by atoms with van der Waals surface area (Å²) in [5.41, 5.74) is 0.132. The normalized spacial score (nSPS) is 22.7. The number of likely N-dealkylation sites (tertiary alicyclic amines) is 1. The summed E-state index contributed by atoms with van der Waals surface area (Å²) in [6.45, 7) is 5.88. The van der Waals surface area contributed by atoms with Crippen LogP contribution in [0.4, 0.5) is 0 Å². The molecule has 2 atom stereocenters. The molecule has 1 saturated heterocycles. The third kappa shape index (κ3) is 4.76. The fourth-order valence-corrected chi connectivity index (χ4v) is 3.69. The van der Waals surface area contributed by atoms with Crippen molar-refractivity contribution in [3.63, 3.8) is 0 Å². The Morgan fingerprint density at radius 2 is 2.22 bits per heavy atom. The van der Waals surface area contributed by atoms with Crippen molar-refractivity contribution in [1.82, 2.24) is 14.6 Å². The van der Waals surface area contributed by atoms with E-state index < -0.39 is 16.0 Å². The molecule has 0 bridgehead atoms. The number of carbonyl (C=O) groups excluding carboxylic acids is 1. The highest BCUT2D eigenvalue weighted by atomic mass is 32.2. The second kappa shape index (κ2) is 6.98. The van der Waals surface area contributed by atoms with E-state index in [1.807, 2.05) is 0 Å². The first-order valence-electron chi connectivity index (χ1n) is 7.42. The molecule has 1 aromatic heterocycles. The quantitative estimate of drug-likeness (QED) is 0.748. The lowest BCUT2D eigenvalue weighted by atomic mass is 9.92. The second-order valence-corrected chi connectivity index (χ2v) is 8.00. The Bertz CT molecular complexity index is 655. The number of methoxy groups -OCH3 is 1. The van der Waals surface area contributed by atoms with E-state index in [1.165, 1.54) is 19.6 Å². The number of rotatable bonds is 6. The molecule has 0 spiro atoms. The number of ether oxygens (including phenoxy) is 1. The predicted molar refractivity (Wildman–Crippen MR) is 83.2 cm³/mol. The number of sulfonamides is 1. The van der Waals surface area contributed by atoms with Gasteiger partial charge in [0.25, 0.3) is 0 Å². The second-order valence-electron chi connectivity index (χ2n) is 6.22. The number of carbonyl (C=O) groups is 1. The molecule has 23 heavy (non-hydrogen) atoms. The number of hydrogen-bond donors (Lipinski definition) is 1. The number of hydrogen-bond acceptors (Lipinski definition) is 7. The van der Waals surface area contributed by atoms with Crippen molar-refractivity contribution < 1.29 is 22.4 Å². The highest BCUT2D eigenvalue weighted by Crippen LogP contribution is 2.26. The molecular formula is C14H23N3O5S. The molecule has 0 aromatic carbocycles. The standard InChI is InChI=1S/C14H23N3O5S/c1-9(2)10-5-17(6-11(10)16-23(4,19)20)7-13-15-12(8-22-13)14(18)21-3/h8-11,16H,5-7H2,1-4H3/t10-,11+/m0/s1. The Kier molecular flexibility index (Phi) is 5.43. The van der Waals surface area contributed by atoms with Gasteiger partial charge in [0, 0.05) is 19.1 Å². The lowest BCUT2D eigenvalue weighted by molar-refractivity contribution is 0.0594. The van der Waals surface area contributed by atoms with Crippen LogP contribution < -0.4 is 4.72 Å². The van der Waals surface area contributed by atoms with Crippen molar-refractivity contribution >= 4 is 16.0 Å². The van der Waals surface area contributed by atoms with Crippen LogP contribution in [-0.2, 0) is 21.3 Å². The van der Waals surface area contributed by atoms with Crippen LogP contribution >= 0.6 is 0 Å². The SMILES string of the molecule is COC(=O)c1coc(CN2C[C@@H](NS(C)(=O)=O)[C@H](C(C)C)C2)n1. The van der Waals surface area contributed by atoms with Crippen LogP contribution in [0.15, 0.2) is 10.7 Å². The monoisotopic (exact) mass is 345 g/mol. The molecule has 0 amide bonds. The van der Waals surface area contributed by atoms with E-state index in [-0.39, 0.29) is 17.7 Å². The Labute approximate surface area is 136 Å². The van der Waals surface area contributed by atoms with Gasteiger partial charge in [-0.3, -0.25) is 4.90 Å². The molecule has 1 aliphatic heterocycles. The lowest BCUT2D eigenvalue weighted by Gasteiger charge is -2.21. The van der Waals surface area contributed by atoms with Gasteiger partial charge in [-0.25, -0.2) is 22.9 Å². The van der Waals surface area contributed by atoms with Gasteiger partial charge >= 0.3 is 5.97 Å². The zero-order valence-corrected chi connectivity index (χ0v) is 14.6. The molecule has 1 N–H and O–H groups in total. The smallest absolute Gasteiger partial charge is 0.360 e. The average molecular weight is 345 g/mol. The van der Waals surface area contributed by atoms with E-state index in [4.69, 9.17) is 4.42 Å². The molecular weight excluding hydrogens is 322 g/mol. The summed E-state index contributed by atoms with van der Waals surface area (Å²) in [4.78, 5) is 17.5. The summed E-state index contributed by atoms with van der Waals surface area (Å²) in [5, 5.41) is 0. The molecule has 9 heteroatoms. The first-order valence-corrected chi connectivity index (χ1v) is 9.31. The molecule has 2 rings (SSSR count). The molecule has 0 saturated carbocycles. The molecule has 0 radical (unpaired) electrons. The van der Waals surface area contributed by atoms with Gasteiger partial charge in [-0.15, -0.1) is 0 Å². The van der Waals surface area contributed by atoms with Crippen LogP contribution in [-0.4, -0.2) is 56.8 Å². The summed E-state index contributed by atoms with van der Waals surface area (Å²) >= 11 is 0. The Balaban J connectivity index is 2.04. The Morgan fingerprint density at radius 3 is 2.78 bits per heavy atom. The van der Waals surface area contributed by atoms with Crippen molar-refractivity contribution in [2.24, 2.45) is 11.8 Å². The van der Waals surface area contributed by atoms with Gasteiger partial charge in [0.15, 0.2) is 5.69 Å². The van der Waals surface area contributed by atoms with E-state index in [1.54, 1.807) is 0 Å². The van der Waals surface area contributed by atoms with Gasteiger partial charge in [-0.05, 0) is 11.8 Å². The van der Waals surface area contributed by atoms with E-state index in [0.29, 0.717) is 24.9 Å². The summed E-state index contributed by atoms with van der Waals surface area (Å²) in [6.07, 6.45) is 2.44. The van der Waals surface area contributed by atoms with Gasteiger partial charge in [-0.1, -0.05) is 13.8 Å². The molecule has 0 aliphatic carbocycles. The third-order valence-electron chi connectivity index (χ3n) is 3.97. The van der Waals surface area contributed by atoms with Crippen LogP contribution in [0.2, 0.25) is 0 Å². The van der Waals surface area contributed by atoms with Crippen LogP contribution in [0.3, 0.4) is 0 Å². The summed E-state index contributed by atoms with van der Waals surface area (Å²) < 4.78 is 35.6. The molecule has 0 unspecified atom stereocenters. The summed E-state index contributed by atoms with van der Waals surface area (Å²) in [7, 11) is -1.97. The zero-order valence-electron chi connectivity index (χ0n) is 13.8. The fourth-order valence-electron chi connectivity index (χ4n) is 2.89. The van der Waals surface area contributed by atoms with Crippen molar-refractivity contribution in [3.8, 4) is 0 Å². The number of aromatic nitrogens is 1. The minimum Gasteiger partial charge on any atom is -0.464 e. The first kappa shape index (κ1) is 17.9. The minimum atomic E-state index is -3.26. The van der Waals surface area contributed by atoms with Crippen LogP contribution in [0, 0.1) is 11.8 Å². The largest absolute Gasteiger partial charge is 0.464 e. The Hall–Kier alpha value is -1.45. The maximum absolute atomic E-state index is 11.5. The molecule has 1 fully saturated rings. The van der Waals surface area contributed by atoms with Crippen LogP contribution in [0.5, 0.6) is 0 Å². The minimum absolute atomic E-state index is 0.132. The van der Waals surface area contributed by atoms with E-state index in [9.17, 15) is 13.2 Å². The highest BCUT2D eigenvalue weighted by molar-refractivity contribution is 7.88. The van der Waals surface area contributed by atoms with Crippen molar-refractivity contribution in [1.29, 1.82) is 0 Å². The predicted octanol–water partition coefficient (Wildman–Crippen LogP) is 0.467. The maximum atomic E-state index is 11.5. The molecule has 1 aromatic rings. The van der Waals surface area contributed by atoms with Gasteiger partial charge in [0.05, 0.1) is 19.9 Å². The van der Waals surface area contributed by atoms with Crippen molar-refractivity contribution in [3.05, 3.63) is 17.8 Å². The van der Waals surface area contributed by atoms with E-state index in [0.717, 1.165) is 6.54 Å².